The number of nitrogens with zero attached hydrogens (tertiary/aromatic N) is 2. The number of phenols is 1. The Hall–Kier alpha value is -3.84. The molecule has 35 heavy (non-hydrogen) atoms. The van der Waals surface area contributed by atoms with Gasteiger partial charge in [-0.3, -0.25) is 14.5 Å². The molecule has 3 atom stereocenters. The van der Waals surface area contributed by atoms with E-state index in [9.17, 15) is 19.8 Å². The van der Waals surface area contributed by atoms with Gasteiger partial charge in [-0.25, -0.2) is 0 Å². The van der Waals surface area contributed by atoms with Gasteiger partial charge in [-0.15, -0.1) is 0 Å². The summed E-state index contributed by atoms with van der Waals surface area (Å²) >= 11 is 0. The first-order valence-corrected chi connectivity index (χ1v) is 11.8. The molecular weight excluding hydrogens is 444 g/mol. The molecule has 3 aromatic carbocycles. The highest BCUT2D eigenvalue weighted by atomic mass is 16.5. The zero-order valence-electron chi connectivity index (χ0n) is 19.7. The van der Waals surface area contributed by atoms with Gasteiger partial charge in [-0.2, -0.15) is 0 Å². The summed E-state index contributed by atoms with van der Waals surface area (Å²) in [6.45, 7) is 2.54. The van der Waals surface area contributed by atoms with Crippen molar-refractivity contribution in [3.8, 4) is 11.5 Å². The predicted octanol–water partition coefficient (Wildman–Crippen LogP) is 4.45. The van der Waals surface area contributed by atoms with E-state index in [2.05, 4.69) is 11.8 Å². The fourth-order valence-corrected chi connectivity index (χ4v) is 5.21. The van der Waals surface area contributed by atoms with E-state index in [1.807, 2.05) is 42.5 Å². The number of benzene rings is 3. The highest BCUT2D eigenvalue weighted by Gasteiger charge is 2.39. The van der Waals surface area contributed by atoms with Crippen molar-refractivity contribution in [2.75, 3.05) is 11.9 Å². The number of carbonyl (C=O) groups is 2. The number of ether oxygens (including phenoxy) is 1. The highest BCUT2D eigenvalue weighted by molar-refractivity contribution is 6.00. The summed E-state index contributed by atoms with van der Waals surface area (Å²) in [5, 5.41) is 19.7. The van der Waals surface area contributed by atoms with Gasteiger partial charge in [0.2, 0.25) is 6.10 Å². The van der Waals surface area contributed by atoms with E-state index < -0.39 is 18.1 Å². The zero-order valence-corrected chi connectivity index (χ0v) is 19.7. The quantitative estimate of drug-likeness (QED) is 0.570. The summed E-state index contributed by atoms with van der Waals surface area (Å²) in [5.74, 6) is -0.358. The lowest BCUT2D eigenvalue weighted by atomic mass is 9.89. The molecule has 3 aromatic rings. The minimum absolute atomic E-state index is 0.0311. The Labute approximate surface area is 204 Å². The Kier molecular flexibility index (Phi) is 5.94. The van der Waals surface area contributed by atoms with Gasteiger partial charge < -0.3 is 19.8 Å². The van der Waals surface area contributed by atoms with Crippen LogP contribution >= 0.6 is 0 Å². The molecule has 0 aromatic heterocycles. The molecule has 0 aliphatic carbocycles. The Morgan fingerprint density at radius 1 is 1.09 bits per heavy atom. The monoisotopic (exact) mass is 472 g/mol. The highest BCUT2D eigenvalue weighted by Crippen LogP contribution is 2.43. The SMILES string of the molecule is CC[C@@H](c1ccccc1)N1Cc2cc3c(cc2C[C@H]1C(=O)O)N(C)C(=O)[C@H](c1ccc(O)cc1)O3. The lowest BCUT2D eigenvalue weighted by molar-refractivity contribution is -0.145. The van der Waals surface area contributed by atoms with E-state index in [1.54, 1.807) is 24.1 Å². The second-order valence-electron chi connectivity index (χ2n) is 9.14. The van der Waals surface area contributed by atoms with Gasteiger partial charge in [0.05, 0.1) is 5.69 Å². The van der Waals surface area contributed by atoms with Crippen molar-refractivity contribution >= 4 is 17.6 Å². The van der Waals surface area contributed by atoms with Crippen LogP contribution in [0.2, 0.25) is 0 Å². The number of hydrogen-bond donors (Lipinski definition) is 2. The van der Waals surface area contributed by atoms with Gasteiger partial charge in [0, 0.05) is 25.2 Å². The Morgan fingerprint density at radius 2 is 1.80 bits per heavy atom. The fraction of sp³-hybridized carbons (Fsp3) is 0.286. The summed E-state index contributed by atoms with van der Waals surface area (Å²) in [6, 6.07) is 19.6. The molecule has 7 heteroatoms. The largest absolute Gasteiger partial charge is 0.508 e. The minimum Gasteiger partial charge on any atom is -0.508 e. The number of carboxylic acids is 1. The molecule has 2 aliphatic heterocycles. The number of carboxylic acid groups (broad SMARTS) is 1. The molecule has 0 spiro atoms. The van der Waals surface area contributed by atoms with Crippen molar-refractivity contribution in [2.45, 2.75) is 44.5 Å². The molecule has 0 saturated carbocycles. The van der Waals surface area contributed by atoms with Crippen molar-refractivity contribution in [2.24, 2.45) is 0 Å². The minimum atomic E-state index is -0.851. The molecule has 1 amide bonds. The van der Waals surface area contributed by atoms with Crippen molar-refractivity contribution in [1.82, 2.24) is 4.90 Å². The second-order valence-corrected chi connectivity index (χ2v) is 9.14. The topological polar surface area (TPSA) is 90.3 Å². The van der Waals surface area contributed by atoms with Gasteiger partial charge in [0.25, 0.3) is 5.91 Å². The summed E-state index contributed by atoms with van der Waals surface area (Å²) in [4.78, 5) is 29.0. The molecule has 2 heterocycles. The summed E-state index contributed by atoms with van der Waals surface area (Å²) < 4.78 is 6.18. The van der Waals surface area contributed by atoms with Crippen LogP contribution in [-0.2, 0) is 22.6 Å². The van der Waals surface area contributed by atoms with Gasteiger partial charge in [-0.1, -0.05) is 49.4 Å². The molecule has 180 valence electrons. The van der Waals surface area contributed by atoms with E-state index in [0.29, 0.717) is 30.0 Å². The Balaban J connectivity index is 1.52. The summed E-state index contributed by atoms with van der Waals surface area (Å²) in [6.07, 6.45) is 0.320. The first-order valence-electron chi connectivity index (χ1n) is 11.8. The molecule has 7 nitrogen and oxygen atoms in total. The molecule has 0 saturated heterocycles. The van der Waals surface area contributed by atoms with Crippen molar-refractivity contribution in [3.63, 3.8) is 0 Å². The molecule has 0 fully saturated rings. The van der Waals surface area contributed by atoms with Crippen LogP contribution in [0.4, 0.5) is 5.69 Å². The van der Waals surface area contributed by atoms with E-state index in [-0.39, 0.29) is 17.7 Å². The van der Waals surface area contributed by atoms with Crippen LogP contribution in [-0.4, -0.2) is 40.1 Å². The molecule has 5 rings (SSSR count). The van der Waals surface area contributed by atoms with Gasteiger partial charge >= 0.3 is 5.97 Å². The normalized spacial score (nSPS) is 20.5. The van der Waals surface area contributed by atoms with Gasteiger partial charge in [-0.05, 0) is 53.8 Å². The number of phenolic OH excluding ortho intramolecular Hbond substituents is 1. The Morgan fingerprint density at radius 3 is 2.46 bits per heavy atom. The lowest BCUT2D eigenvalue weighted by Gasteiger charge is -2.41. The maximum absolute atomic E-state index is 13.1. The van der Waals surface area contributed by atoms with E-state index in [1.165, 1.54) is 12.1 Å². The van der Waals surface area contributed by atoms with E-state index >= 15 is 0 Å². The van der Waals surface area contributed by atoms with Crippen LogP contribution in [0.15, 0.2) is 66.7 Å². The van der Waals surface area contributed by atoms with Crippen molar-refractivity contribution in [3.05, 3.63) is 89.0 Å². The molecule has 0 radical (unpaired) electrons. The van der Waals surface area contributed by atoms with Crippen LogP contribution < -0.4 is 9.64 Å². The van der Waals surface area contributed by atoms with Crippen LogP contribution in [0.1, 0.15) is 47.7 Å². The fourth-order valence-electron chi connectivity index (χ4n) is 5.21. The first kappa shape index (κ1) is 22.9. The predicted molar refractivity (Wildman–Crippen MR) is 131 cm³/mol. The number of aliphatic carboxylic acids is 1. The third-order valence-corrected chi connectivity index (χ3v) is 7.06. The average molecular weight is 473 g/mol. The maximum Gasteiger partial charge on any atom is 0.321 e. The third kappa shape index (κ3) is 4.12. The van der Waals surface area contributed by atoms with Gasteiger partial charge in [0.1, 0.15) is 17.5 Å². The lowest BCUT2D eigenvalue weighted by Crippen LogP contribution is -2.47. The Bertz CT molecular complexity index is 1260. The zero-order chi connectivity index (χ0) is 24.7. The van der Waals surface area contributed by atoms with Crippen molar-refractivity contribution < 1.29 is 24.5 Å². The number of amides is 1. The number of likely N-dealkylation sites (N-methyl/N-ethyl adjacent to an activating group) is 1. The third-order valence-electron chi connectivity index (χ3n) is 7.06. The van der Waals surface area contributed by atoms with Crippen molar-refractivity contribution in [1.29, 1.82) is 0 Å². The second kappa shape index (κ2) is 9.07. The summed E-state index contributed by atoms with van der Waals surface area (Å²) in [5.41, 5.74) is 4.31. The number of carbonyl (C=O) groups excluding carboxylic acids is 1. The van der Waals surface area contributed by atoms with E-state index in [0.717, 1.165) is 23.1 Å². The van der Waals surface area contributed by atoms with Crippen LogP contribution in [0, 0.1) is 0 Å². The summed E-state index contributed by atoms with van der Waals surface area (Å²) in [7, 11) is 1.70. The number of hydrogen-bond acceptors (Lipinski definition) is 5. The number of anilines is 1. The molecular formula is C28H28N2O5. The average Bonchev–Trinajstić information content (AvgIpc) is 2.86. The standard InChI is InChI=1S/C28H28N2O5/c1-3-22(17-7-5-4-6-8-17)30-16-20-15-25-23(13-19(20)14-24(30)28(33)34)29(2)27(32)26(35-25)18-9-11-21(31)12-10-18/h4-13,15,22,24,26,31H,3,14,16H2,1-2H3,(H,33,34)/t22-,24-,26-/m0/s1. The molecule has 0 bridgehead atoms. The maximum atomic E-state index is 13.1. The van der Waals surface area contributed by atoms with Crippen LogP contribution in [0.25, 0.3) is 0 Å². The van der Waals surface area contributed by atoms with E-state index in [4.69, 9.17) is 4.74 Å². The number of aromatic hydroxyl groups is 1. The molecule has 2 aliphatic rings. The number of fused-ring (bicyclic) bond motifs is 2. The first-order chi connectivity index (χ1) is 16.9. The van der Waals surface area contributed by atoms with Crippen LogP contribution in [0.3, 0.4) is 0 Å². The molecule has 2 N–H and O–H groups in total. The molecule has 0 unspecified atom stereocenters. The van der Waals surface area contributed by atoms with Crippen LogP contribution in [0.5, 0.6) is 11.5 Å². The van der Waals surface area contributed by atoms with Gasteiger partial charge in [0.15, 0.2) is 0 Å². The number of rotatable bonds is 5. The smallest absolute Gasteiger partial charge is 0.321 e.